The lowest BCUT2D eigenvalue weighted by Gasteiger charge is -2.34. The van der Waals surface area contributed by atoms with Gasteiger partial charge in [0, 0.05) is 43.9 Å². The third kappa shape index (κ3) is 17.6. The molecule has 3 aliphatic rings. The van der Waals surface area contributed by atoms with Crippen LogP contribution in [0.4, 0.5) is 0 Å². The van der Waals surface area contributed by atoms with Crippen LogP contribution in [0, 0.1) is 0 Å². The molecule has 3 aliphatic heterocycles. The molecule has 4 unspecified atom stereocenters. The highest BCUT2D eigenvalue weighted by molar-refractivity contribution is 5.42. The zero-order valence-corrected chi connectivity index (χ0v) is 42.9. The zero-order valence-electron chi connectivity index (χ0n) is 42.9. The topological polar surface area (TPSA) is 77.9 Å². The lowest BCUT2D eigenvalue weighted by Crippen LogP contribution is -2.45. The molecule has 8 nitrogen and oxygen atoms in total. The standard InChI is InChI=1S/2C21H27NO2.C21H27NO/c1-17(22-13-7-2-8-14-22)16-24-21-12-6-4-10-19(21)15-18-9-3-5-11-20(18)23;1-17(22-13-7-11-20(23)15-22)16-24-21-12-6-5-10-19(21)14-18-8-3-2-4-9-18;1-18(22-14-8-3-9-15-22)17-23-21-13-7-6-12-20(21)16-19-10-4-2-5-11-19/h3-6,9-12,17,23H,2,7-8,13-16H2,1H3;2-6,8-10,12,17,20,23H,7,11,13-16H2,1H3;2,4-7,10-13,18H,3,8-9,14-17H2,1H3. The molecule has 0 saturated carbocycles. The molecule has 378 valence electrons. The van der Waals surface area contributed by atoms with Gasteiger partial charge in [0.15, 0.2) is 0 Å². The number of phenols is 1. The molecule has 8 heteroatoms. The number of piperidine rings is 3. The number of hydrogen-bond donors (Lipinski definition) is 2. The second-order valence-electron chi connectivity index (χ2n) is 19.9. The van der Waals surface area contributed by atoms with Crippen molar-refractivity contribution in [3.8, 4) is 23.0 Å². The van der Waals surface area contributed by atoms with Gasteiger partial charge in [0.1, 0.15) is 42.8 Å². The van der Waals surface area contributed by atoms with Gasteiger partial charge in [-0.15, -0.1) is 0 Å². The monoisotopic (exact) mass is 960 g/mol. The van der Waals surface area contributed by atoms with E-state index in [1.54, 1.807) is 6.07 Å². The van der Waals surface area contributed by atoms with E-state index in [9.17, 15) is 10.2 Å². The summed E-state index contributed by atoms with van der Waals surface area (Å²) in [5, 5.41) is 19.8. The number of likely N-dealkylation sites (tertiary alicyclic amines) is 3. The molecule has 71 heavy (non-hydrogen) atoms. The summed E-state index contributed by atoms with van der Waals surface area (Å²) in [7, 11) is 0. The molecule has 0 spiro atoms. The quantitative estimate of drug-likeness (QED) is 0.0882. The summed E-state index contributed by atoms with van der Waals surface area (Å²) in [6, 6.07) is 54.7. The van der Waals surface area contributed by atoms with Crippen molar-refractivity contribution in [3.63, 3.8) is 0 Å². The molecule has 3 saturated heterocycles. The Morgan fingerprint density at radius 1 is 0.408 bits per heavy atom. The molecule has 3 fully saturated rings. The van der Waals surface area contributed by atoms with Crippen molar-refractivity contribution in [1.29, 1.82) is 0 Å². The summed E-state index contributed by atoms with van der Waals surface area (Å²) >= 11 is 0. The van der Waals surface area contributed by atoms with E-state index in [0.717, 1.165) is 73.8 Å². The maximum atomic E-state index is 10.0. The Hall–Kier alpha value is -5.64. The minimum absolute atomic E-state index is 0.188. The minimum atomic E-state index is -0.188. The first-order valence-corrected chi connectivity index (χ1v) is 26.7. The van der Waals surface area contributed by atoms with E-state index in [1.165, 1.54) is 87.0 Å². The van der Waals surface area contributed by atoms with E-state index in [0.29, 0.717) is 43.5 Å². The summed E-state index contributed by atoms with van der Waals surface area (Å²) in [5.74, 6) is 3.25. The van der Waals surface area contributed by atoms with Crippen LogP contribution in [-0.4, -0.2) is 108 Å². The molecule has 0 amide bonds. The molecule has 3 heterocycles. The highest BCUT2D eigenvalue weighted by Crippen LogP contribution is 2.28. The first-order valence-electron chi connectivity index (χ1n) is 26.7. The first kappa shape index (κ1) is 53.2. The van der Waals surface area contributed by atoms with Gasteiger partial charge in [-0.05, 0) is 150 Å². The average Bonchev–Trinajstić information content (AvgIpc) is 3.42. The average molecular weight is 960 g/mol. The van der Waals surface area contributed by atoms with Gasteiger partial charge in [0.25, 0.3) is 0 Å². The van der Waals surface area contributed by atoms with Crippen LogP contribution in [0.15, 0.2) is 158 Å². The SMILES string of the molecule is CC(COc1ccccc1Cc1ccccc1)N1CCCC(O)C1.CC(COc1ccccc1Cc1ccccc1)N1CCCCC1.CC(COc1ccccc1Cc1ccccc1O)N1CCCCC1. The van der Waals surface area contributed by atoms with Crippen LogP contribution in [0.3, 0.4) is 0 Å². The number of aliphatic hydroxyl groups excluding tert-OH is 1. The van der Waals surface area contributed by atoms with Crippen molar-refractivity contribution in [1.82, 2.24) is 14.7 Å². The van der Waals surface area contributed by atoms with Gasteiger partial charge < -0.3 is 24.4 Å². The highest BCUT2D eigenvalue weighted by Gasteiger charge is 2.23. The third-order valence-electron chi connectivity index (χ3n) is 14.3. The van der Waals surface area contributed by atoms with E-state index < -0.39 is 0 Å². The minimum Gasteiger partial charge on any atom is -0.508 e. The van der Waals surface area contributed by atoms with Crippen molar-refractivity contribution in [2.75, 3.05) is 59.1 Å². The number of phenolic OH excluding ortho intramolecular Hbond substituents is 1. The van der Waals surface area contributed by atoms with E-state index in [-0.39, 0.29) is 6.10 Å². The van der Waals surface area contributed by atoms with Crippen molar-refractivity contribution in [2.24, 2.45) is 0 Å². The number of ether oxygens (including phenoxy) is 3. The molecule has 2 N–H and O–H groups in total. The van der Waals surface area contributed by atoms with Gasteiger partial charge in [-0.2, -0.15) is 0 Å². The molecular formula is C63H81N3O5. The van der Waals surface area contributed by atoms with Crippen LogP contribution < -0.4 is 14.2 Å². The number of benzene rings is 6. The van der Waals surface area contributed by atoms with Gasteiger partial charge in [0.2, 0.25) is 0 Å². The highest BCUT2D eigenvalue weighted by atomic mass is 16.5. The number of aromatic hydroxyl groups is 1. The molecular weight excluding hydrogens is 879 g/mol. The van der Waals surface area contributed by atoms with Gasteiger partial charge >= 0.3 is 0 Å². The smallest absolute Gasteiger partial charge is 0.122 e. The Kier molecular flexibility index (Phi) is 21.7. The van der Waals surface area contributed by atoms with Crippen LogP contribution >= 0.6 is 0 Å². The predicted molar refractivity (Wildman–Crippen MR) is 291 cm³/mol. The molecule has 4 atom stereocenters. The number of aliphatic hydroxyl groups is 1. The summed E-state index contributed by atoms with van der Waals surface area (Å²) < 4.78 is 18.5. The fraction of sp³-hybridized carbons (Fsp3) is 0.429. The molecule has 0 radical (unpaired) electrons. The lowest BCUT2D eigenvalue weighted by molar-refractivity contribution is 0.0376. The fourth-order valence-corrected chi connectivity index (χ4v) is 9.92. The summed E-state index contributed by atoms with van der Waals surface area (Å²) in [5.41, 5.74) is 7.15. The number of hydrogen-bond acceptors (Lipinski definition) is 8. The molecule has 0 aromatic heterocycles. The second kappa shape index (κ2) is 29.0. The van der Waals surface area contributed by atoms with Crippen LogP contribution in [-0.2, 0) is 19.3 Å². The maximum absolute atomic E-state index is 10.0. The Balaban J connectivity index is 0.000000157. The van der Waals surface area contributed by atoms with Crippen molar-refractivity contribution in [2.45, 2.75) is 116 Å². The molecule has 9 rings (SSSR count). The normalized spacial score (nSPS) is 17.8. The largest absolute Gasteiger partial charge is 0.508 e. The van der Waals surface area contributed by atoms with Crippen molar-refractivity contribution < 1.29 is 24.4 Å². The fourth-order valence-electron chi connectivity index (χ4n) is 9.92. The number of β-amino-alcohol motifs (C(OH)–C–C–N with tert-alkyl or cyclic N) is 1. The van der Waals surface area contributed by atoms with Gasteiger partial charge in [-0.25, -0.2) is 0 Å². The van der Waals surface area contributed by atoms with E-state index in [1.807, 2.05) is 48.5 Å². The van der Waals surface area contributed by atoms with Crippen molar-refractivity contribution >= 4 is 0 Å². The summed E-state index contributed by atoms with van der Waals surface area (Å²) in [4.78, 5) is 7.41. The van der Waals surface area contributed by atoms with E-state index in [2.05, 4.69) is 139 Å². The van der Waals surface area contributed by atoms with Crippen LogP contribution in [0.5, 0.6) is 23.0 Å². The third-order valence-corrected chi connectivity index (χ3v) is 14.3. The number of rotatable bonds is 18. The Bertz CT molecular complexity index is 2400. The summed E-state index contributed by atoms with van der Waals surface area (Å²) in [6.45, 7) is 15.5. The molecule has 0 aliphatic carbocycles. The van der Waals surface area contributed by atoms with Gasteiger partial charge in [-0.3, -0.25) is 14.7 Å². The molecule has 0 bridgehead atoms. The number of para-hydroxylation sites is 4. The Labute approximate surface area is 426 Å². The number of nitrogens with zero attached hydrogens (tertiary/aromatic N) is 3. The zero-order chi connectivity index (χ0) is 49.5. The predicted octanol–water partition coefficient (Wildman–Crippen LogP) is 12.3. The van der Waals surface area contributed by atoms with Crippen LogP contribution in [0.1, 0.15) is 106 Å². The first-order chi connectivity index (χ1) is 34.8. The summed E-state index contributed by atoms with van der Waals surface area (Å²) in [6.07, 6.45) is 12.3. The maximum Gasteiger partial charge on any atom is 0.122 e. The Morgan fingerprint density at radius 3 is 1.18 bits per heavy atom. The molecule has 6 aromatic carbocycles. The van der Waals surface area contributed by atoms with Gasteiger partial charge in [0.05, 0.1) is 6.10 Å². The molecule has 6 aromatic rings. The van der Waals surface area contributed by atoms with Gasteiger partial charge in [-0.1, -0.05) is 146 Å². The van der Waals surface area contributed by atoms with E-state index in [4.69, 9.17) is 14.2 Å². The van der Waals surface area contributed by atoms with Crippen molar-refractivity contribution in [3.05, 3.63) is 191 Å². The van der Waals surface area contributed by atoms with Crippen LogP contribution in [0.2, 0.25) is 0 Å². The second-order valence-corrected chi connectivity index (χ2v) is 19.9. The van der Waals surface area contributed by atoms with E-state index >= 15 is 0 Å². The lowest BCUT2D eigenvalue weighted by atomic mass is 10.0. The van der Waals surface area contributed by atoms with Crippen LogP contribution in [0.25, 0.3) is 0 Å². The Morgan fingerprint density at radius 2 is 0.761 bits per heavy atom.